The molecule has 1 aliphatic rings. The molecule has 0 saturated heterocycles. The topological polar surface area (TPSA) is 63.3 Å². The highest BCUT2D eigenvalue weighted by molar-refractivity contribution is 5.73. The normalized spacial score (nSPS) is 21.3. The fourth-order valence-electron chi connectivity index (χ4n) is 2.07. The van der Waals surface area contributed by atoms with Crippen molar-refractivity contribution in [2.75, 3.05) is 0 Å². The molecule has 0 heterocycles. The first-order valence-corrected chi connectivity index (χ1v) is 5.29. The zero-order chi connectivity index (χ0) is 11.5. The minimum absolute atomic E-state index is 0.485. The first-order valence-electron chi connectivity index (χ1n) is 5.29. The van der Waals surface area contributed by atoms with Crippen LogP contribution < -0.4 is 5.73 Å². The Kier molecular flexibility index (Phi) is 4.02. The van der Waals surface area contributed by atoms with Crippen LogP contribution in [0.1, 0.15) is 38.5 Å². The Bertz CT molecular complexity index is 227. The highest BCUT2D eigenvalue weighted by Crippen LogP contribution is 2.39. The molecule has 0 amide bonds. The van der Waals surface area contributed by atoms with E-state index in [0.29, 0.717) is 12.8 Å². The van der Waals surface area contributed by atoms with Gasteiger partial charge in [0.15, 0.2) is 0 Å². The van der Waals surface area contributed by atoms with E-state index in [1.54, 1.807) is 0 Å². The van der Waals surface area contributed by atoms with Gasteiger partial charge in [-0.25, -0.2) is 8.78 Å². The van der Waals surface area contributed by atoms with E-state index in [4.69, 9.17) is 10.8 Å². The number of rotatable bonds is 4. The summed E-state index contributed by atoms with van der Waals surface area (Å²) in [5.41, 5.74) is 5.13. The number of hydrogen-bond donors (Lipinski definition) is 2. The van der Waals surface area contributed by atoms with Crippen LogP contribution in [0.2, 0.25) is 0 Å². The molecule has 0 aromatic carbocycles. The van der Waals surface area contributed by atoms with Crippen LogP contribution in [0.25, 0.3) is 0 Å². The van der Waals surface area contributed by atoms with E-state index < -0.39 is 30.3 Å². The smallest absolute Gasteiger partial charge is 0.320 e. The largest absolute Gasteiger partial charge is 0.480 e. The van der Waals surface area contributed by atoms with E-state index in [9.17, 15) is 13.6 Å². The van der Waals surface area contributed by atoms with Gasteiger partial charge in [0.05, 0.1) is 0 Å². The van der Waals surface area contributed by atoms with Crippen molar-refractivity contribution in [1.29, 1.82) is 0 Å². The zero-order valence-electron chi connectivity index (χ0n) is 8.59. The Labute approximate surface area is 87.6 Å². The summed E-state index contributed by atoms with van der Waals surface area (Å²) in [6, 6.07) is -1.46. The number of carboxylic acid groups (broad SMARTS) is 1. The molecule has 0 radical (unpaired) electrons. The van der Waals surface area contributed by atoms with E-state index in [-0.39, 0.29) is 0 Å². The predicted octanol–water partition coefficient (Wildman–Crippen LogP) is 2.00. The lowest BCUT2D eigenvalue weighted by atomic mass is 9.82. The molecule has 88 valence electrons. The number of aliphatic carboxylic acids is 1. The Balaban J connectivity index is 2.52. The lowest BCUT2D eigenvalue weighted by Crippen LogP contribution is -2.41. The minimum Gasteiger partial charge on any atom is -0.480 e. The summed E-state index contributed by atoms with van der Waals surface area (Å²) in [5.74, 6) is -4.97. The number of carbonyl (C=O) groups is 1. The highest BCUT2D eigenvalue weighted by Gasteiger charge is 2.42. The van der Waals surface area contributed by atoms with Gasteiger partial charge in [-0.05, 0) is 12.8 Å². The number of alkyl halides is 2. The van der Waals surface area contributed by atoms with Gasteiger partial charge in [0.1, 0.15) is 6.04 Å². The lowest BCUT2D eigenvalue weighted by molar-refractivity contribution is -0.143. The van der Waals surface area contributed by atoms with E-state index >= 15 is 0 Å². The lowest BCUT2D eigenvalue weighted by Gasteiger charge is -2.30. The first kappa shape index (κ1) is 12.4. The van der Waals surface area contributed by atoms with Gasteiger partial charge < -0.3 is 10.8 Å². The quantitative estimate of drug-likeness (QED) is 0.763. The molecule has 0 aliphatic heterocycles. The molecule has 1 saturated carbocycles. The van der Waals surface area contributed by atoms with Crippen molar-refractivity contribution in [3.63, 3.8) is 0 Å². The summed E-state index contributed by atoms with van der Waals surface area (Å²) < 4.78 is 27.2. The number of hydrogen-bond acceptors (Lipinski definition) is 2. The van der Waals surface area contributed by atoms with Crippen molar-refractivity contribution in [1.82, 2.24) is 0 Å². The van der Waals surface area contributed by atoms with Gasteiger partial charge in [0, 0.05) is 12.3 Å². The summed E-state index contributed by atoms with van der Waals surface area (Å²) in [4.78, 5) is 10.4. The van der Waals surface area contributed by atoms with Crippen molar-refractivity contribution in [3.05, 3.63) is 0 Å². The molecule has 1 atom stereocenters. The monoisotopic (exact) mass is 221 g/mol. The molecule has 1 unspecified atom stereocenters. The Hall–Kier alpha value is -0.710. The van der Waals surface area contributed by atoms with Crippen LogP contribution in [-0.2, 0) is 4.79 Å². The second kappa shape index (κ2) is 4.88. The highest BCUT2D eigenvalue weighted by atomic mass is 19.3. The molecule has 0 spiro atoms. The zero-order valence-corrected chi connectivity index (χ0v) is 8.59. The van der Waals surface area contributed by atoms with Crippen LogP contribution in [0.5, 0.6) is 0 Å². The number of nitrogens with two attached hydrogens (primary N) is 1. The maximum Gasteiger partial charge on any atom is 0.320 e. The van der Waals surface area contributed by atoms with Crippen LogP contribution in [0.4, 0.5) is 8.78 Å². The molecular formula is C10H17F2NO2. The molecule has 5 heteroatoms. The molecule has 0 aromatic rings. The van der Waals surface area contributed by atoms with E-state index in [1.807, 2.05) is 0 Å². The summed E-state index contributed by atoms with van der Waals surface area (Å²) in [6.07, 6.45) is 2.84. The van der Waals surface area contributed by atoms with Crippen molar-refractivity contribution in [3.8, 4) is 0 Å². The third kappa shape index (κ3) is 3.41. The fraction of sp³-hybridized carbons (Fsp3) is 0.900. The average Bonchev–Trinajstić information content (AvgIpc) is 2.18. The molecule has 1 fully saturated rings. The van der Waals surface area contributed by atoms with E-state index in [1.165, 1.54) is 0 Å². The van der Waals surface area contributed by atoms with Gasteiger partial charge >= 0.3 is 5.97 Å². The first-order chi connectivity index (χ1) is 6.93. The number of carboxylic acids is 1. The standard InChI is InChI=1S/C10H17F2NO2/c11-10(12,6-8(13)9(14)15)7-4-2-1-3-5-7/h7-8H,1-6,13H2,(H,14,15). The maximum absolute atomic E-state index is 13.6. The van der Waals surface area contributed by atoms with Gasteiger partial charge in [-0.2, -0.15) is 0 Å². The van der Waals surface area contributed by atoms with Crippen LogP contribution in [0.15, 0.2) is 0 Å². The van der Waals surface area contributed by atoms with Gasteiger partial charge in [0.25, 0.3) is 5.92 Å². The van der Waals surface area contributed by atoms with Crippen LogP contribution >= 0.6 is 0 Å². The second-order valence-corrected chi connectivity index (χ2v) is 4.24. The third-order valence-electron chi connectivity index (χ3n) is 3.01. The molecule has 1 aliphatic carbocycles. The summed E-state index contributed by atoms with van der Waals surface area (Å²) >= 11 is 0. The van der Waals surface area contributed by atoms with Gasteiger partial charge in [0.2, 0.25) is 0 Å². The fourth-order valence-corrected chi connectivity index (χ4v) is 2.07. The molecule has 1 rings (SSSR count). The van der Waals surface area contributed by atoms with Crippen molar-refractivity contribution in [2.24, 2.45) is 11.7 Å². The maximum atomic E-state index is 13.6. The molecule has 0 aromatic heterocycles. The van der Waals surface area contributed by atoms with Gasteiger partial charge in [-0.15, -0.1) is 0 Å². The summed E-state index contributed by atoms with van der Waals surface area (Å²) in [6.45, 7) is 0. The molecule has 3 nitrogen and oxygen atoms in total. The van der Waals surface area contributed by atoms with Crippen molar-refractivity contribution >= 4 is 5.97 Å². The van der Waals surface area contributed by atoms with Crippen LogP contribution in [0, 0.1) is 5.92 Å². The Morgan fingerprint density at radius 3 is 2.40 bits per heavy atom. The molecule has 3 N–H and O–H groups in total. The van der Waals surface area contributed by atoms with Crippen LogP contribution in [-0.4, -0.2) is 23.0 Å². The Morgan fingerprint density at radius 1 is 1.40 bits per heavy atom. The van der Waals surface area contributed by atoms with Crippen LogP contribution in [0.3, 0.4) is 0 Å². The van der Waals surface area contributed by atoms with Crippen molar-refractivity contribution in [2.45, 2.75) is 50.5 Å². The van der Waals surface area contributed by atoms with E-state index in [0.717, 1.165) is 19.3 Å². The van der Waals surface area contributed by atoms with Gasteiger partial charge in [-0.3, -0.25) is 4.79 Å². The molecule has 0 bridgehead atoms. The predicted molar refractivity (Wildman–Crippen MR) is 51.8 cm³/mol. The average molecular weight is 221 g/mol. The van der Waals surface area contributed by atoms with E-state index in [2.05, 4.69) is 0 Å². The SMILES string of the molecule is NC(CC(F)(F)C1CCCCC1)C(=O)O. The van der Waals surface area contributed by atoms with Gasteiger partial charge in [-0.1, -0.05) is 19.3 Å². The van der Waals surface area contributed by atoms with Crippen molar-refractivity contribution < 1.29 is 18.7 Å². The Morgan fingerprint density at radius 2 is 1.93 bits per heavy atom. The number of halogens is 2. The third-order valence-corrected chi connectivity index (χ3v) is 3.01. The minimum atomic E-state index is -2.93. The summed E-state index contributed by atoms with van der Waals surface area (Å²) in [7, 11) is 0. The summed E-state index contributed by atoms with van der Waals surface area (Å²) in [5, 5.41) is 8.49. The second-order valence-electron chi connectivity index (χ2n) is 4.24. The molecular weight excluding hydrogens is 204 g/mol. The molecule has 15 heavy (non-hydrogen) atoms.